The molecule has 118 valence electrons. The molecule has 2 nitrogen and oxygen atoms in total. The largest absolute Gasteiger partial charge is 0.462 e. The van der Waals surface area contributed by atoms with Crippen LogP contribution in [0.1, 0.15) is 71.6 Å². The fourth-order valence-corrected chi connectivity index (χ4v) is 5.41. The van der Waals surface area contributed by atoms with Crippen LogP contribution in [0, 0.1) is 23.2 Å². The second kappa shape index (κ2) is 6.14. The van der Waals surface area contributed by atoms with Crippen LogP contribution in [0.4, 0.5) is 0 Å². The maximum absolute atomic E-state index is 12.1. The summed E-state index contributed by atoms with van der Waals surface area (Å²) in [5, 5.41) is 0. The highest BCUT2D eigenvalue weighted by Gasteiger charge is 2.51. The van der Waals surface area contributed by atoms with Gasteiger partial charge in [-0.15, -0.1) is 0 Å². The van der Waals surface area contributed by atoms with E-state index in [4.69, 9.17) is 4.74 Å². The zero-order chi connectivity index (χ0) is 14.9. The van der Waals surface area contributed by atoms with Crippen molar-refractivity contribution < 1.29 is 9.53 Å². The molecule has 0 aliphatic heterocycles. The van der Waals surface area contributed by atoms with Crippen LogP contribution in [0.15, 0.2) is 11.6 Å². The minimum atomic E-state index is -0.0816. The van der Waals surface area contributed by atoms with Crippen molar-refractivity contribution in [2.45, 2.75) is 71.6 Å². The molecule has 4 aliphatic carbocycles. The van der Waals surface area contributed by atoms with Crippen LogP contribution in [-0.4, -0.2) is 12.6 Å². The number of unbranched alkanes of at least 4 members (excludes halogenated alkanes) is 2. The molecule has 0 spiro atoms. The second-order valence-corrected chi connectivity index (χ2v) is 8.02. The highest BCUT2D eigenvalue weighted by Crippen LogP contribution is 2.60. The van der Waals surface area contributed by atoms with E-state index < -0.39 is 0 Å². The Kier molecular flexibility index (Phi) is 4.42. The van der Waals surface area contributed by atoms with Gasteiger partial charge in [0.25, 0.3) is 0 Å². The third-order valence-electron chi connectivity index (χ3n) is 6.00. The molecular weight excluding hydrogens is 260 g/mol. The molecule has 0 aromatic heterocycles. The van der Waals surface area contributed by atoms with Crippen LogP contribution in [0.5, 0.6) is 0 Å². The average Bonchev–Trinajstić information content (AvgIpc) is 2.43. The molecule has 4 bridgehead atoms. The first-order valence-electron chi connectivity index (χ1n) is 8.94. The van der Waals surface area contributed by atoms with Gasteiger partial charge in [-0.1, -0.05) is 25.8 Å². The van der Waals surface area contributed by atoms with Crippen LogP contribution < -0.4 is 0 Å². The quantitative estimate of drug-likeness (QED) is 0.396. The summed E-state index contributed by atoms with van der Waals surface area (Å²) in [6, 6.07) is 0. The van der Waals surface area contributed by atoms with Gasteiger partial charge in [0.15, 0.2) is 0 Å². The van der Waals surface area contributed by atoms with Gasteiger partial charge in [-0.25, -0.2) is 4.79 Å². The van der Waals surface area contributed by atoms with Crippen molar-refractivity contribution in [2.75, 3.05) is 6.61 Å². The lowest BCUT2D eigenvalue weighted by atomic mass is 9.50. The predicted octanol–water partition coefficient (Wildman–Crippen LogP) is 4.88. The number of hydrogen-bond donors (Lipinski definition) is 0. The molecule has 0 heterocycles. The molecule has 0 N–H and O–H groups in total. The van der Waals surface area contributed by atoms with Crippen molar-refractivity contribution in [1.82, 2.24) is 0 Å². The standard InChI is InChI=1S/C19H30O2/c1-3-4-5-6-14(2)18(20)21-13-19-10-15-7-16(11-19)9-17(8-15)12-19/h6,15-17H,3-5,7-13H2,1-2H3. The van der Waals surface area contributed by atoms with Crippen LogP contribution in [-0.2, 0) is 9.53 Å². The molecule has 0 aromatic rings. The minimum absolute atomic E-state index is 0.0816. The lowest BCUT2D eigenvalue weighted by molar-refractivity contribution is -0.151. The molecule has 0 amide bonds. The number of ether oxygens (including phenoxy) is 1. The zero-order valence-electron chi connectivity index (χ0n) is 13.7. The fraction of sp³-hybridized carbons (Fsp3) is 0.842. The SMILES string of the molecule is CCCCC=C(C)C(=O)OCC12CC3CC(CC(C3)C1)C2. The van der Waals surface area contributed by atoms with Gasteiger partial charge in [-0.3, -0.25) is 0 Å². The van der Waals surface area contributed by atoms with Crippen LogP contribution in [0.25, 0.3) is 0 Å². The van der Waals surface area contributed by atoms with Gasteiger partial charge in [0.1, 0.15) is 0 Å². The third-order valence-corrected chi connectivity index (χ3v) is 6.00. The van der Waals surface area contributed by atoms with Gasteiger partial charge in [0.05, 0.1) is 6.61 Å². The molecule has 0 aromatic carbocycles. The maximum Gasteiger partial charge on any atom is 0.333 e. The van der Waals surface area contributed by atoms with Gasteiger partial charge in [0, 0.05) is 11.0 Å². The normalized spacial score (nSPS) is 37.8. The summed E-state index contributed by atoms with van der Waals surface area (Å²) in [7, 11) is 0. The van der Waals surface area contributed by atoms with Gasteiger partial charge in [-0.2, -0.15) is 0 Å². The minimum Gasteiger partial charge on any atom is -0.462 e. The Bertz CT molecular complexity index is 386. The molecule has 2 heteroatoms. The Hall–Kier alpha value is -0.790. The summed E-state index contributed by atoms with van der Waals surface area (Å²) < 4.78 is 5.71. The Labute approximate surface area is 129 Å². The smallest absolute Gasteiger partial charge is 0.333 e. The van der Waals surface area contributed by atoms with Gasteiger partial charge >= 0.3 is 5.97 Å². The van der Waals surface area contributed by atoms with Crippen molar-refractivity contribution in [3.63, 3.8) is 0 Å². The summed E-state index contributed by atoms with van der Waals surface area (Å²) in [6.45, 7) is 4.75. The van der Waals surface area contributed by atoms with E-state index in [1.165, 1.54) is 44.9 Å². The molecular formula is C19H30O2. The van der Waals surface area contributed by atoms with Gasteiger partial charge in [0.2, 0.25) is 0 Å². The van der Waals surface area contributed by atoms with Gasteiger partial charge in [-0.05, 0) is 69.6 Å². The summed E-state index contributed by atoms with van der Waals surface area (Å²) in [5.74, 6) is 2.70. The first kappa shape index (κ1) is 15.1. The molecule has 4 saturated carbocycles. The van der Waals surface area contributed by atoms with Crippen molar-refractivity contribution in [2.24, 2.45) is 23.2 Å². The van der Waals surface area contributed by atoms with Crippen molar-refractivity contribution in [1.29, 1.82) is 0 Å². The molecule has 0 saturated heterocycles. The zero-order valence-corrected chi connectivity index (χ0v) is 13.7. The topological polar surface area (TPSA) is 26.3 Å². The molecule has 0 radical (unpaired) electrons. The van der Waals surface area contributed by atoms with Crippen molar-refractivity contribution >= 4 is 5.97 Å². The molecule has 4 aliphatic rings. The first-order valence-corrected chi connectivity index (χ1v) is 8.94. The Morgan fingerprint density at radius 2 is 1.71 bits per heavy atom. The van der Waals surface area contributed by atoms with Crippen molar-refractivity contribution in [3.05, 3.63) is 11.6 Å². The Balaban J connectivity index is 1.53. The molecule has 0 atom stereocenters. The highest BCUT2D eigenvalue weighted by molar-refractivity contribution is 5.87. The summed E-state index contributed by atoms with van der Waals surface area (Å²) in [6.07, 6.45) is 13.6. The average molecular weight is 290 g/mol. The molecule has 4 rings (SSSR count). The summed E-state index contributed by atoms with van der Waals surface area (Å²) in [4.78, 5) is 12.1. The van der Waals surface area contributed by atoms with Gasteiger partial charge < -0.3 is 4.74 Å². The third kappa shape index (κ3) is 3.35. The number of carbonyl (C=O) groups is 1. The number of esters is 1. The fourth-order valence-electron chi connectivity index (χ4n) is 5.41. The number of carbonyl (C=O) groups excluding carboxylic acids is 1. The molecule has 21 heavy (non-hydrogen) atoms. The van der Waals surface area contributed by atoms with E-state index in [-0.39, 0.29) is 5.97 Å². The highest BCUT2D eigenvalue weighted by atomic mass is 16.5. The number of allylic oxidation sites excluding steroid dienone is 1. The lowest BCUT2D eigenvalue weighted by Gasteiger charge is -2.56. The van der Waals surface area contributed by atoms with Crippen LogP contribution >= 0.6 is 0 Å². The molecule has 0 unspecified atom stereocenters. The maximum atomic E-state index is 12.1. The van der Waals surface area contributed by atoms with E-state index in [0.29, 0.717) is 12.0 Å². The van der Waals surface area contributed by atoms with E-state index in [0.717, 1.165) is 36.2 Å². The molecule has 4 fully saturated rings. The number of rotatable bonds is 6. The summed E-state index contributed by atoms with van der Waals surface area (Å²) in [5.41, 5.74) is 1.14. The van der Waals surface area contributed by atoms with E-state index in [9.17, 15) is 4.79 Å². The van der Waals surface area contributed by atoms with Crippen molar-refractivity contribution in [3.8, 4) is 0 Å². The van der Waals surface area contributed by atoms with Crippen LogP contribution in [0.2, 0.25) is 0 Å². The summed E-state index contributed by atoms with van der Waals surface area (Å²) >= 11 is 0. The Morgan fingerprint density at radius 1 is 1.14 bits per heavy atom. The van der Waals surface area contributed by atoms with E-state index in [2.05, 4.69) is 6.92 Å². The van der Waals surface area contributed by atoms with Crippen LogP contribution in [0.3, 0.4) is 0 Å². The number of hydrogen-bond acceptors (Lipinski definition) is 2. The van der Waals surface area contributed by atoms with E-state index in [1.807, 2.05) is 13.0 Å². The predicted molar refractivity (Wildman–Crippen MR) is 84.8 cm³/mol. The van der Waals surface area contributed by atoms with E-state index >= 15 is 0 Å². The lowest BCUT2D eigenvalue weighted by Crippen LogP contribution is -2.48. The second-order valence-electron chi connectivity index (χ2n) is 8.02. The first-order chi connectivity index (χ1) is 10.1. The Morgan fingerprint density at radius 3 is 2.24 bits per heavy atom. The van der Waals surface area contributed by atoms with E-state index in [1.54, 1.807) is 0 Å². The monoisotopic (exact) mass is 290 g/mol.